The van der Waals surface area contributed by atoms with Crippen LogP contribution in [-0.4, -0.2) is 16.1 Å². The van der Waals surface area contributed by atoms with E-state index < -0.39 is 16.1 Å². The van der Waals surface area contributed by atoms with Gasteiger partial charge in [-0.15, -0.1) is 0 Å². The van der Waals surface area contributed by atoms with Crippen LogP contribution in [0.5, 0.6) is 0 Å². The van der Waals surface area contributed by atoms with Crippen LogP contribution < -0.4 is 25.4 Å². The number of hydrogen-bond acceptors (Lipinski definition) is 3. The molecule has 1 aliphatic rings. The van der Waals surface area contributed by atoms with Crippen molar-refractivity contribution in [1.82, 2.24) is 0 Å². The highest BCUT2D eigenvalue weighted by atomic mass is 28.3. The van der Waals surface area contributed by atoms with Gasteiger partial charge in [-0.3, -0.25) is 0 Å². The predicted molar refractivity (Wildman–Crippen MR) is 332 cm³/mol. The number of fused-ring (bicyclic) bond motifs is 9. The van der Waals surface area contributed by atoms with Gasteiger partial charge in [-0.2, -0.15) is 0 Å². The molecule has 13 aromatic rings. The molecule has 364 valence electrons. The molecule has 0 N–H and O–H groups in total. The van der Waals surface area contributed by atoms with E-state index in [-0.39, 0.29) is 0 Å². The average Bonchev–Trinajstić information content (AvgIpc) is 4.00. The van der Waals surface area contributed by atoms with E-state index >= 15 is 0 Å². The summed E-state index contributed by atoms with van der Waals surface area (Å²) in [6.07, 6.45) is 0. The van der Waals surface area contributed by atoms with E-state index in [1.165, 1.54) is 75.7 Å². The summed E-state index contributed by atoms with van der Waals surface area (Å²) in [6.45, 7) is 12.3. The Morgan fingerprint density at radius 3 is 1.66 bits per heavy atom. The molecule has 14 rings (SSSR count). The van der Waals surface area contributed by atoms with Crippen LogP contribution in [-0.2, 0) is 0 Å². The monoisotopic (exact) mass is 1010 g/mol. The van der Waals surface area contributed by atoms with E-state index in [0.29, 0.717) is 0 Å². The van der Waals surface area contributed by atoms with Crippen molar-refractivity contribution in [2.24, 2.45) is 0 Å². The minimum absolute atomic E-state index is 0.877. The van der Waals surface area contributed by atoms with Gasteiger partial charge >= 0.3 is 0 Å². The van der Waals surface area contributed by atoms with Crippen molar-refractivity contribution in [3.8, 4) is 33.4 Å². The molecule has 0 radical (unpaired) electrons. The Bertz CT molecular complexity index is 4400. The smallest absolute Gasteiger partial charge is 0.159 e. The van der Waals surface area contributed by atoms with Gasteiger partial charge in [0.2, 0.25) is 0 Å². The van der Waals surface area contributed by atoms with E-state index in [0.717, 1.165) is 61.6 Å². The van der Waals surface area contributed by atoms with Crippen molar-refractivity contribution in [2.75, 3.05) is 9.80 Å². The van der Waals surface area contributed by atoms with Crippen LogP contribution in [0.15, 0.2) is 253 Å². The van der Waals surface area contributed by atoms with Gasteiger partial charge < -0.3 is 14.2 Å². The van der Waals surface area contributed by atoms with Crippen LogP contribution in [0, 0.1) is 0 Å². The number of rotatable bonds is 9. The van der Waals surface area contributed by atoms with Gasteiger partial charge in [-0.25, -0.2) is 0 Å². The Hall–Kier alpha value is -8.75. The minimum atomic E-state index is -2.36. The van der Waals surface area contributed by atoms with E-state index in [1.807, 2.05) is 0 Å². The molecule has 0 atom stereocenters. The van der Waals surface area contributed by atoms with Crippen LogP contribution in [0.25, 0.3) is 87.6 Å². The van der Waals surface area contributed by atoms with Crippen molar-refractivity contribution < 1.29 is 4.42 Å². The lowest BCUT2D eigenvalue weighted by atomic mass is 9.87. The van der Waals surface area contributed by atoms with Gasteiger partial charge in [-0.1, -0.05) is 208 Å². The minimum Gasteiger partial charge on any atom is -0.454 e. The highest BCUT2D eigenvalue weighted by Crippen LogP contribution is 2.48. The largest absolute Gasteiger partial charge is 0.454 e. The Kier molecular flexibility index (Phi) is 10.7. The lowest BCUT2D eigenvalue weighted by molar-refractivity contribution is 0.669. The Balaban J connectivity index is 0.931. The van der Waals surface area contributed by atoms with Crippen LogP contribution in [0.2, 0.25) is 32.7 Å². The first-order valence-corrected chi connectivity index (χ1v) is 33.1. The number of anilines is 6. The van der Waals surface area contributed by atoms with Crippen molar-refractivity contribution in [3.05, 3.63) is 249 Å². The third-order valence-corrected chi connectivity index (χ3v) is 21.8. The summed E-state index contributed by atoms with van der Waals surface area (Å²) >= 11 is 0. The maximum absolute atomic E-state index is 6.83. The van der Waals surface area contributed by atoms with Gasteiger partial charge in [0.05, 0.1) is 19.4 Å². The molecule has 0 spiro atoms. The SMILES string of the molecule is C[Si](C)(C)c1ccc(N(c2ccccc2)c2ccc(-c3cc4c5cccc6c5c(cc4c4ccccc34)-c3ccc(N(c4ccccc4-c4ccccc4)c4cccc5c4oc4ccccc45)cc3[Si]6(C)C)cc2)cc1. The number of para-hydroxylation sites is 4. The zero-order valence-corrected chi connectivity index (χ0v) is 45.5. The summed E-state index contributed by atoms with van der Waals surface area (Å²) in [6, 6.07) is 92.2. The third kappa shape index (κ3) is 7.37. The van der Waals surface area contributed by atoms with Gasteiger partial charge in [0.15, 0.2) is 5.58 Å². The summed E-state index contributed by atoms with van der Waals surface area (Å²) in [5.74, 6) is 0. The summed E-state index contributed by atoms with van der Waals surface area (Å²) < 4.78 is 6.83. The first-order valence-electron chi connectivity index (χ1n) is 26.6. The molecule has 0 unspecified atom stereocenters. The molecule has 0 bridgehead atoms. The zero-order chi connectivity index (χ0) is 51.3. The molecular weight excluding hydrogens is 953 g/mol. The summed E-state index contributed by atoms with van der Waals surface area (Å²) in [5, 5.41) is 14.4. The summed E-state index contributed by atoms with van der Waals surface area (Å²) in [5.41, 5.74) is 15.8. The Morgan fingerprint density at radius 1 is 0.342 bits per heavy atom. The van der Waals surface area contributed by atoms with Crippen LogP contribution in [0.1, 0.15) is 0 Å². The molecule has 5 heteroatoms. The molecule has 12 aromatic carbocycles. The second kappa shape index (κ2) is 17.7. The fraction of sp³-hybridized carbons (Fsp3) is 0.0704. The van der Waals surface area contributed by atoms with E-state index in [2.05, 4.69) is 291 Å². The third-order valence-electron chi connectivity index (χ3n) is 16.2. The van der Waals surface area contributed by atoms with E-state index in [1.54, 1.807) is 0 Å². The van der Waals surface area contributed by atoms with Crippen LogP contribution >= 0.6 is 0 Å². The fourth-order valence-electron chi connectivity index (χ4n) is 12.4. The first-order chi connectivity index (χ1) is 37.1. The summed E-state index contributed by atoms with van der Waals surface area (Å²) in [7, 11) is -3.81. The maximum atomic E-state index is 6.83. The highest BCUT2D eigenvalue weighted by molar-refractivity contribution is 7.03. The van der Waals surface area contributed by atoms with Crippen molar-refractivity contribution >= 4 is 120 Å². The number of nitrogens with zero attached hydrogens (tertiary/aromatic N) is 2. The van der Waals surface area contributed by atoms with Crippen LogP contribution in [0.3, 0.4) is 0 Å². The Morgan fingerprint density at radius 2 is 0.895 bits per heavy atom. The standard InChI is InChI=1S/C71H56N2OSi2/c1-75(2,3)53-41-38-51(39-42-53)72(49-22-10-7-11-23-49)50-36-34-48(35-37-50)61-45-63-59-28-19-33-68-70(59)64(46-62(63)56-26-13-12-25-55(56)61)58-43-40-52(44-69(58)76(68,4)5)73(65-30-16-14-24-54(65)47-20-8-6-9-21-47)66-31-18-29-60-57-27-15-17-32-67(57)74-71(60)66/h6-46H,1-5H3. The second-order valence-corrected chi connectivity index (χ2v) is 31.5. The van der Waals surface area contributed by atoms with Crippen LogP contribution in [0.4, 0.5) is 34.1 Å². The molecule has 1 aromatic heterocycles. The molecule has 0 saturated carbocycles. The fourth-order valence-corrected chi connectivity index (χ4v) is 16.6. The van der Waals surface area contributed by atoms with Gasteiger partial charge in [0.25, 0.3) is 0 Å². The second-order valence-electron chi connectivity index (χ2n) is 22.1. The maximum Gasteiger partial charge on any atom is 0.159 e. The predicted octanol–water partition coefficient (Wildman–Crippen LogP) is 18.7. The van der Waals surface area contributed by atoms with Crippen molar-refractivity contribution in [1.29, 1.82) is 0 Å². The van der Waals surface area contributed by atoms with Gasteiger partial charge in [0, 0.05) is 39.1 Å². The molecule has 0 amide bonds. The highest BCUT2D eigenvalue weighted by Gasteiger charge is 2.37. The quantitative estimate of drug-likeness (QED) is 0.106. The van der Waals surface area contributed by atoms with Crippen molar-refractivity contribution in [3.63, 3.8) is 0 Å². The van der Waals surface area contributed by atoms with Gasteiger partial charge in [-0.05, 0) is 149 Å². The number of furan rings is 1. The lowest BCUT2D eigenvalue weighted by Gasteiger charge is -2.36. The number of hydrogen-bond donors (Lipinski definition) is 0. The molecule has 1 aliphatic heterocycles. The molecule has 2 heterocycles. The molecular formula is C71H56N2OSi2. The molecule has 76 heavy (non-hydrogen) atoms. The summed E-state index contributed by atoms with van der Waals surface area (Å²) in [4.78, 5) is 4.82. The average molecular weight is 1010 g/mol. The molecule has 3 nitrogen and oxygen atoms in total. The topological polar surface area (TPSA) is 19.6 Å². The first kappa shape index (κ1) is 45.8. The number of benzene rings is 12. The van der Waals surface area contributed by atoms with E-state index in [9.17, 15) is 0 Å². The Labute approximate surface area is 446 Å². The molecule has 0 aliphatic carbocycles. The van der Waals surface area contributed by atoms with Crippen molar-refractivity contribution in [2.45, 2.75) is 32.7 Å². The molecule has 0 fully saturated rings. The van der Waals surface area contributed by atoms with Gasteiger partial charge in [0.1, 0.15) is 13.7 Å². The lowest BCUT2D eigenvalue weighted by Crippen LogP contribution is -2.56. The molecule has 0 saturated heterocycles. The zero-order valence-electron chi connectivity index (χ0n) is 43.5. The normalized spacial score (nSPS) is 12.9. The van der Waals surface area contributed by atoms with E-state index in [4.69, 9.17) is 4.42 Å².